The minimum absolute atomic E-state index is 0.0733. The van der Waals surface area contributed by atoms with Gasteiger partial charge in [-0.3, -0.25) is 9.59 Å². The molecule has 6 nitrogen and oxygen atoms in total. The van der Waals surface area contributed by atoms with Crippen LogP contribution in [-0.2, 0) is 11.3 Å². The highest BCUT2D eigenvalue weighted by Gasteiger charge is 2.41. The lowest BCUT2D eigenvalue weighted by molar-refractivity contribution is -0.125. The molecule has 2 amide bonds. The molecule has 2 unspecified atom stereocenters. The molecule has 1 heterocycles. The summed E-state index contributed by atoms with van der Waals surface area (Å²) in [5.41, 5.74) is 3.63. The molecule has 0 aliphatic carbocycles. The van der Waals surface area contributed by atoms with Crippen LogP contribution in [0.15, 0.2) is 72.8 Å². The molecule has 0 aromatic heterocycles. The van der Waals surface area contributed by atoms with E-state index in [2.05, 4.69) is 5.32 Å². The van der Waals surface area contributed by atoms with Crippen LogP contribution >= 0.6 is 0 Å². The van der Waals surface area contributed by atoms with Gasteiger partial charge in [0.1, 0.15) is 11.5 Å². The number of carbonyl (C=O) groups excluding carboxylic acids is 2. The first kappa shape index (κ1) is 23.4. The first-order valence-electron chi connectivity index (χ1n) is 11.4. The number of carbonyl (C=O) groups is 2. The fourth-order valence-electron chi connectivity index (χ4n) is 4.47. The van der Waals surface area contributed by atoms with Gasteiger partial charge < -0.3 is 19.7 Å². The first-order valence-corrected chi connectivity index (χ1v) is 11.4. The number of nitrogens with one attached hydrogen (secondary N) is 1. The van der Waals surface area contributed by atoms with Crippen molar-refractivity contribution in [3.8, 4) is 11.5 Å². The summed E-state index contributed by atoms with van der Waals surface area (Å²) in [4.78, 5) is 28.4. The van der Waals surface area contributed by atoms with Crippen molar-refractivity contribution in [3.63, 3.8) is 0 Å². The number of hydrogen-bond donors (Lipinski definition) is 1. The molecule has 1 fully saturated rings. The highest BCUT2D eigenvalue weighted by atomic mass is 16.5. The van der Waals surface area contributed by atoms with Crippen LogP contribution in [0, 0.1) is 12.8 Å². The topological polar surface area (TPSA) is 67.9 Å². The Bertz CT molecular complexity index is 1140. The van der Waals surface area contributed by atoms with Gasteiger partial charge in [0, 0.05) is 42.7 Å². The summed E-state index contributed by atoms with van der Waals surface area (Å²) in [5, 5.41) is 3.06. The fraction of sp³-hybridized carbons (Fsp3) is 0.286. The number of methoxy groups -OCH3 is 2. The molecule has 0 radical (unpaired) electrons. The molecular weight excluding hydrogens is 428 g/mol. The van der Waals surface area contributed by atoms with Crippen molar-refractivity contribution in [1.82, 2.24) is 10.2 Å². The molecule has 1 saturated heterocycles. The summed E-state index contributed by atoms with van der Waals surface area (Å²) in [6.45, 7) is 3.20. The molecule has 0 spiro atoms. The summed E-state index contributed by atoms with van der Waals surface area (Å²) in [5.74, 6) is 0.569. The Balaban J connectivity index is 1.61. The highest BCUT2D eigenvalue weighted by molar-refractivity contribution is 5.95. The minimum Gasteiger partial charge on any atom is -0.497 e. The second kappa shape index (κ2) is 10.4. The van der Waals surface area contributed by atoms with Gasteiger partial charge >= 0.3 is 0 Å². The second-order valence-corrected chi connectivity index (χ2v) is 8.60. The number of rotatable bonds is 7. The second-order valence-electron chi connectivity index (χ2n) is 8.60. The van der Waals surface area contributed by atoms with Gasteiger partial charge in [0.15, 0.2) is 0 Å². The SMILES string of the molecule is COc1ccc(C2CN(C(=O)c3ccc(C)cc3)CC2C(=O)NCc2ccccc2)c(OC)c1. The van der Waals surface area contributed by atoms with Crippen LogP contribution in [0.3, 0.4) is 0 Å². The van der Waals surface area contributed by atoms with Crippen LogP contribution in [0.2, 0.25) is 0 Å². The van der Waals surface area contributed by atoms with Gasteiger partial charge in [0.25, 0.3) is 5.91 Å². The van der Waals surface area contributed by atoms with Crippen LogP contribution in [0.5, 0.6) is 11.5 Å². The van der Waals surface area contributed by atoms with E-state index in [0.29, 0.717) is 36.7 Å². The van der Waals surface area contributed by atoms with Crippen LogP contribution in [0.25, 0.3) is 0 Å². The molecule has 3 aromatic rings. The van der Waals surface area contributed by atoms with Gasteiger partial charge in [0.05, 0.1) is 20.1 Å². The quantitative estimate of drug-likeness (QED) is 0.577. The molecule has 1 aliphatic heterocycles. The first-order chi connectivity index (χ1) is 16.5. The van der Waals surface area contributed by atoms with E-state index in [0.717, 1.165) is 16.7 Å². The predicted octanol–water partition coefficient (Wildman–Crippen LogP) is 4.18. The third kappa shape index (κ3) is 5.06. The largest absolute Gasteiger partial charge is 0.497 e. The van der Waals surface area contributed by atoms with Gasteiger partial charge in [-0.1, -0.05) is 54.1 Å². The molecule has 3 aromatic carbocycles. The Kier molecular flexibility index (Phi) is 7.16. The van der Waals surface area contributed by atoms with Crippen molar-refractivity contribution in [2.75, 3.05) is 27.3 Å². The third-order valence-electron chi connectivity index (χ3n) is 6.39. The summed E-state index contributed by atoms with van der Waals surface area (Å²) in [7, 11) is 3.21. The van der Waals surface area contributed by atoms with Gasteiger partial charge in [0.2, 0.25) is 5.91 Å². The average Bonchev–Trinajstić information content (AvgIpc) is 3.33. The number of benzene rings is 3. The van der Waals surface area contributed by atoms with Crippen molar-refractivity contribution in [3.05, 3.63) is 95.1 Å². The maximum atomic E-state index is 13.4. The monoisotopic (exact) mass is 458 g/mol. The molecule has 2 atom stereocenters. The fourth-order valence-corrected chi connectivity index (χ4v) is 4.47. The number of likely N-dealkylation sites (tertiary alicyclic amines) is 1. The summed E-state index contributed by atoms with van der Waals surface area (Å²) < 4.78 is 11.0. The van der Waals surface area contributed by atoms with E-state index in [-0.39, 0.29) is 17.7 Å². The Hall–Kier alpha value is -3.80. The zero-order valence-corrected chi connectivity index (χ0v) is 19.8. The lowest BCUT2D eigenvalue weighted by atomic mass is 9.87. The number of amides is 2. The Morgan fingerprint density at radius 1 is 0.941 bits per heavy atom. The van der Waals surface area contributed by atoms with Gasteiger partial charge in [-0.15, -0.1) is 0 Å². The van der Waals surface area contributed by atoms with E-state index in [1.165, 1.54) is 0 Å². The lowest BCUT2D eigenvalue weighted by Crippen LogP contribution is -2.35. The van der Waals surface area contributed by atoms with Crippen molar-refractivity contribution >= 4 is 11.8 Å². The van der Waals surface area contributed by atoms with E-state index >= 15 is 0 Å². The van der Waals surface area contributed by atoms with Crippen LogP contribution in [-0.4, -0.2) is 44.0 Å². The minimum atomic E-state index is -0.402. The zero-order valence-electron chi connectivity index (χ0n) is 19.8. The van der Waals surface area contributed by atoms with E-state index < -0.39 is 5.92 Å². The summed E-state index contributed by atoms with van der Waals surface area (Å²) >= 11 is 0. The van der Waals surface area contributed by atoms with Crippen molar-refractivity contribution in [1.29, 1.82) is 0 Å². The van der Waals surface area contributed by atoms with Crippen molar-refractivity contribution < 1.29 is 19.1 Å². The van der Waals surface area contributed by atoms with Crippen LogP contribution in [0.4, 0.5) is 0 Å². The Labute approximate surface area is 200 Å². The predicted molar refractivity (Wildman–Crippen MR) is 131 cm³/mol. The van der Waals surface area contributed by atoms with E-state index in [1.54, 1.807) is 19.1 Å². The maximum absolute atomic E-state index is 13.4. The van der Waals surface area contributed by atoms with Crippen molar-refractivity contribution in [2.45, 2.75) is 19.4 Å². The standard InChI is InChI=1S/C28H30N2O4/c1-19-9-11-21(12-10-19)28(32)30-17-24(23-14-13-22(33-2)15-26(23)34-3)25(18-30)27(31)29-16-20-7-5-4-6-8-20/h4-15,24-25H,16-18H2,1-3H3,(H,29,31). The average molecular weight is 459 g/mol. The third-order valence-corrected chi connectivity index (χ3v) is 6.39. The lowest BCUT2D eigenvalue weighted by Gasteiger charge is -2.21. The van der Waals surface area contributed by atoms with E-state index in [9.17, 15) is 9.59 Å². The number of ether oxygens (including phenoxy) is 2. The number of nitrogens with zero attached hydrogens (tertiary/aromatic N) is 1. The maximum Gasteiger partial charge on any atom is 0.253 e. The molecule has 34 heavy (non-hydrogen) atoms. The van der Waals surface area contributed by atoms with Gasteiger partial charge in [-0.05, 0) is 30.7 Å². The molecule has 176 valence electrons. The molecule has 1 aliphatic rings. The molecular formula is C28H30N2O4. The molecule has 1 N–H and O–H groups in total. The zero-order chi connectivity index (χ0) is 24.1. The smallest absolute Gasteiger partial charge is 0.253 e. The molecule has 0 saturated carbocycles. The molecule has 6 heteroatoms. The normalized spacial score (nSPS) is 17.3. The van der Waals surface area contributed by atoms with E-state index in [4.69, 9.17) is 9.47 Å². The van der Waals surface area contributed by atoms with Crippen LogP contribution in [0.1, 0.15) is 33.0 Å². The summed E-state index contributed by atoms with van der Waals surface area (Å²) in [6, 6.07) is 22.9. The number of hydrogen-bond acceptors (Lipinski definition) is 4. The molecule has 0 bridgehead atoms. The van der Waals surface area contributed by atoms with Crippen LogP contribution < -0.4 is 14.8 Å². The Morgan fingerprint density at radius 3 is 2.35 bits per heavy atom. The highest BCUT2D eigenvalue weighted by Crippen LogP contribution is 2.39. The number of aryl methyl sites for hydroxylation is 1. The Morgan fingerprint density at radius 2 is 1.68 bits per heavy atom. The summed E-state index contributed by atoms with van der Waals surface area (Å²) in [6.07, 6.45) is 0. The van der Waals surface area contributed by atoms with E-state index in [1.807, 2.05) is 79.7 Å². The molecule has 4 rings (SSSR count). The van der Waals surface area contributed by atoms with Crippen molar-refractivity contribution in [2.24, 2.45) is 5.92 Å². The van der Waals surface area contributed by atoms with Gasteiger partial charge in [-0.2, -0.15) is 0 Å². The van der Waals surface area contributed by atoms with Gasteiger partial charge in [-0.25, -0.2) is 0 Å².